The molecule has 2 amide bonds. The van der Waals surface area contributed by atoms with E-state index in [1.165, 1.54) is 18.2 Å². The lowest BCUT2D eigenvalue weighted by Crippen LogP contribution is -2.17. The van der Waals surface area contributed by atoms with Crippen molar-refractivity contribution >= 4 is 52.4 Å². The second kappa shape index (κ2) is 10.3. The average molecular weight is 463 g/mol. The van der Waals surface area contributed by atoms with E-state index in [0.717, 1.165) is 11.8 Å². The molecule has 32 heavy (non-hydrogen) atoms. The molecule has 0 aliphatic heterocycles. The fourth-order valence-corrected chi connectivity index (χ4v) is 3.60. The van der Waals surface area contributed by atoms with Gasteiger partial charge < -0.3 is 16.4 Å². The predicted octanol–water partition coefficient (Wildman–Crippen LogP) is 4.04. The van der Waals surface area contributed by atoms with E-state index in [0.29, 0.717) is 16.9 Å². The Morgan fingerprint density at radius 1 is 1.00 bits per heavy atom. The van der Waals surface area contributed by atoms with E-state index in [2.05, 4.69) is 15.6 Å². The fourth-order valence-electron chi connectivity index (χ4n) is 2.62. The quantitative estimate of drug-likeness (QED) is 0.468. The van der Waals surface area contributed by atoms with Crippen molar-refractivity contribution in [3.8, 4) is 12.1 Å². The Kier molecular flexibility index (Phi) is 7.29. The van der Waals surface area contributed by atoms with E-state index in [1.807, 2.05) is 18.2 Å². The number of amides is 2. The van der Waals surface area contributed by atoms with Gasteiger partial charge in [0.2, 0.25) is 5.91 Å². The molecule has 3 aromatic rings. The predicted molar refractivity (Wildman–Crippen MR) is 123 cm³/mol. The molecular formula is C22H15ClN6O2S. The Labute approximate surface area is 193 Å². The smallest absolute Gasteiger partial charge is 0.259 e. The topological polar surface area (TPSA) is 145 Å². The van der Waals surface area contributed by atoms with Gasteiger partial charge in [0.05, 0.1) is 27.5 Å². The molecule has 0 bridgehead atoms. The molecule has 0 aliphatic carbocycles. The second-order valence-electron chi connectivity index (χ2n) is 6.35. The third-order valence-corrected chi connectivity index (χ3v) is 5.43. The van der Waals surface area contributed by atoms with Crippen LogP contribution in [-0.2, 0) is 4.79 Å². The molecule has 1 aromatic heterocycles. The highest BCUT2D eigenvalue weighted by atomic mass is 35.5. The lowest BCUT2D eigenvalue weighted by Gasteiger charge is -2.10. The number of carbonyl (C=O) groups excluding carboxylic acids is 2. The first-order valence-electron chi connectivity index (χ1n) is 9.10. The van der Waals surface area contributed by atoms with Gasteiger partial charge in [-0.2, -0.15) is 10.5 Å². The van der Waals surface area contributed by atoms with Gasteiger partial charge in [-0.25, -0.2) is 4.98 Å². The van der Waals surface area contributed by atoms with Crippen LogP contribution in [0.25, 0.3) is 0 Å². The van der Waals surface area contributed by atoms with Gasteiger partial charge in [-0.15, -0.1) is 0 Å². The summed E-state index contributed by atoms with van der Waals surface area (Å²) in [5, 5.41) is 24.2. The summed E-state index contributed by atoms with van der Waals surface area (Å²) in [4.78, 5) is 28.9. The number of nitrogen functional groups attached to an aromatic ring is 1. The average Bonchev–Trinajstić information content (AvgIpc) is 2.78. The molecule has 0 unspecified atom stereocenters. The monoisotopic (exact) mass is 462 g/mol. The van der Waals surface area contributed by atoms with Crippen molar-refractivity contribution in [3.05, 3.63) is 76.3 Å². The summed E-state index contributed by atoms with van der Waals surface area (Å²) in [6.45, 7) is 0. The number of para-hydroxylation sites is 1. The third-order valence-electron chi connectivity index (χ3n) is 4.13. The van der Waals surface area contributed by atoms with Crippen molar-refractivity contribution in [2.75, 3.05) is 22.1 Å². The van der Waals surface area contributed by atoms with Gasteiger partial charge in [-0.05, 0) is 36.4 Å². The summed E-state index contributed by atoms with van der Waals surface area (Å²) in [6.07, 6.45) is 0. The Balaban J connectivity index is 1.69. The molecule has 0 saturated heterocycles. The van der Waals surface area contributed by atoms with E-state index < -0.39 is 5.91 Å². The number of thioether (sulfide) groups is 1. The number of nitrogens with two attached hydrogens (primary N) is 1. The maximum absolute atomic E-state index is 12.5. The number of nitrogens with one attached hydrogen (secondary N) is 2. The summed E-state index contributed by atoms with van der Waals surface area (Å²) in [5.74, 6) is -0.983. The van der Waals surface area contributed by atoms with Crippen molar-refractivity contribution in [3.63, 3.8) is 0 Å². The number of halogens is 1. The summed E-state index contributed by atoms with van der Waals surface area (Å²) >= 11 is 6.97. The van der Waals surface area contributed by atoms with Crippen LogP contribution >= 0.6 is 23.4 Å². The van der Waals surface area contributed by atoms with Crippen LogP contribution in [0.15, 0.2) is 59.6 Å². The van der Waals surface area contributed by atoms with E-state index in [4.69, 9.17) is 22.6 Å². The molecule has 0 saturated carbocycles. The first-order chi connectivity index (χ1) is 15.4. The number of carbonyl (C=O) groups is 2. The van der Waals surface area contributed by atoms with Crippen molar-refractivity contribution < 1.29 is 9.59 Å². The third kappa shape index (κ3) is 5.55. The molecule has 3 rings (SSSR count). The second-order valence-corrected chi connectivity index (χ2v) is 7.72. The fraction of sp³-hybridized carbons (Fsp3) is 0.0455. The number of pyridine rings is 1. The van der Waals surface area contributed by atoms with Gasteiger partial charge in [0.15, 0.2) is 0 Å². The first-order valence-corrected chi connectivity index (χ1v) is 10.5. The molecule has 1 heterocycles. The van der Waals surface area contributed by atoms with E-state index >= 15 is 0 Å². The van der Waals surface area contributed by atoms with Gasteiger partial charge in [0, 0.05) is 11.4 Å². The number of hydrogen-bond donors (Lipinski definition) is 3. The lowest BCUT2D eigenvalue weighted by atomic mass is 10.2. The zero-order valence-corrected chi connectivity index (χ0v) is 18.0. The van der Waals surface area contributed by atoms with Crippen LogP contribution in [-0.4, -0.2) is 22.6 Å². The largest absolute Gasteiger partial charge is 0.383 e. The maximum atomic E-state index is 12.5. The molecule has 8 nitrogen and oxygen atoms in total. The van der Waals surface area contributed by atoms with Crippen LogP contribution in [0.1, 0.15) is 21.5 Å². The van der Waals surface area contributed by atoms with E-state index in [-0.39, 0.29) is 38.7 Å². The van der Waals surface area contributed by atoms with E-state index in [1.54, 1.807) is 30.3 Å². The Hall–Kier alpha value is -4.05. The molecule has 2 aromatic carbocycles. The molecule has 4 N–H and O–H groups in total. The minimum Gasteiger partial charge on any atom is -0.383 e. The van der Waals surface area contributed by atoms with Crippen LogP contribution in [0, 0.1) is 22.7 Å². The number of benzene rings is 2. The normalized spacial score (nSPS) is 9.97. The number of nitriles is 2. The van der Waals surface area contributed by atoms with Crippen molar-refractivity contribution in [2.24, 2.45) is 0 Å². The molecule has 0 fully saturated rings. The maximum Gasteiger partial charge on any atom is 0.259 e. The number of rotatable bonds is 6. The highest BCUT2D eigenvalue weighted by molar-refractivity contribution is 8.00. The minimum atomic E-state index is -0.496. The van der Waals surface area contributed by atoms with Crippen LogP contribution in [0.2, 0.25) is 5.02 Å². The summed E-state index contributed by atoms with van der Waals surface area (Å²) in [7, 11) is 0. The molecule has 0 aliphatic rings. The van der Waals surface area contributed by atoms with Gasteiger partial charge in [0.25, 0.3) is 5.91 Å². The number of anilines is 3. The molecule has 158 valence electrons. The number of aromatic nitrogens is 1. The van der Waals surface area contributed by atoms with Gasteiger partial charge in [-0.1, -0.05) is 41.6 Å². The van der Waals surface area contributed by atoms with Crippen LogP contribution < -0.4 is 16.4 Å². The van der Waals surface area contributed by atoms with Crippen molar-refractivity contribution in [1.82, 2.24) is 4.98 Å². The minimum absolute atomic E-state index is 0.0563. The highest BCUT2D eigenvalue weighted by Crippen LogP contribution is 2.26. The van der Waals surface area contributed by atoms with Crippen molar-refractivity contribution in [2.45, 2.75) is 5.03 Å². The first kappa shape index (κ1) is 22.6. The Morgan fingerprint density at radius 2 is 1.72 bits per heavy atom. The molecule has 0 spiro atoms. The highest BCUT2D eigenvalue weighted by Gasteiger charge is 2.17. The SMILES string of the molecule is N#Cc1ccc(NC(=O)CSc2nc(N)c(C(=O)Nc3ccccc3)cc2C#N)cc1Cl. The van der Waals surface area contributed by atoms with Crippen LogP contribution in [0.4, 0.5) is 17.2 Å². The molecule has 0 atom stereocenters. The number of hydrogen-bond acceptors (Lipinski definition) is 7. The van der Waals surface area contributed by atoms with Gasteiger partial charge in [-0.3, -0.25) is 9.59 Å². The van der Waals surface area contributed by atoms with Gasteiger partial charge in [0.1, 0.15) is 23.0 Å². The Bertz CT molecular complexity index is 1270. The van der Waals surface area contributed by atoms with Crippen LogP contribution in [0.3, 0.4) is 0 Å². The standard InChI is InChI=1S/C22H15ClN6O2S/c23-18-9-16(7-6-13(18)10-24)27-19(30)12-32-22-14(11-25)8-17(20(26)29-22)21(31)28-15-4-2-1-3-5-15/h1-9H,12H2,(H2,26,29)(H,27,30)(H,28,31). The van der Waals surface area contributed by atoms with Crippen LogP contribution in [0.5, 0.6) is 0 Å². The summed E-state index contributed by atoms with van der Waals surface area (Å²) in [5.41, 5.74) is 7.43. The van der Waals surface area contributed by atoms with E-state index in [9.17, 15) is 14.9 Å². The number of nitrogens with zero attached hydrogens (tertiary/aromatic N) is 3. The molecule has 0 radical (unpaired) electrons. The zero-order chi connectivity index (χ0) is 23.1. The summed E-state index contributed by atoms with van der Waals surface area (Å²) in [6, 6.07) is 18.6. The molecule has 10 heteroatoms. The van der Waals surface area contributed by atoms with Crippen molar-refractivity contribution in [1.29, 1.82) is 10.5 Å². The lowest BCUT2D eigenvalue weighted by molar-refractivity contribution is -0.113. The summed E-state index contributed by atoms with van der Waals surface area (Å²) < 4.78 is 0. The van der Waals surface area contributed by atoms with Gasteiger partial charge >= 0.3 is 0 Å². The zero-order valence-electron chi connectivity index (χ0n) is 16.4. The molecular weight excluding hydrogens is 448 g/mol. The Morgan fingerprint density at radius 3 is 2.38 bits per heavy atom.